The zero-order valence-corrected chi connectivity index (χ0v) is 16.5. The smallest absolute Gasteiger partial charge is 0.311 e. The van der Waals surface area contributed by atoms with Crippen LogP contribution in [-0.4, -0.2) is 24.0 Å². The first kappa shape index (κ1) is 18.2. The molecule has 3 nitrogen and oxygen atoms in total. The van der Waals surface area contributed by atoms with Gasteiger partial charge in [0.1, 0.15) is 5.75 Å². The lowest BCUT2D eigenvalue weighted by Gasteiger charge is -2.41. The summed E-state index contributed by atoms with van der Waals surface area (Å²) in [5.74, 6) is 0.609. The lowest BCUT2D eigenvalue weighted by Crippen LogP contribution is -2.38. The summed E-state index contributed by atoms with van der Waals surface area (Å²) >= 11 is 0. The Morgan fingerprint density at radius 3 is 2.74 bits per heavy atom. The third-order valence-corrected chi connectivity index (χ3v) is 5.90. The molecule has 0 saturated carbocycles. The number of ether oxygens (including phenoxy) is 1. The van der Waals surface area contributed by atoms with Crippen molar-refractivity contribution in [2.45, 2.75) is 58.4 Å². The maximum Gasteiger partial charge on any atom is 0.311 e. The van der Waals surface area contributed by atoms with Crippen LogP contribution in [0.5, 0.6) is 5.75 Å². The predicted octanol–water partition coefficient (Wildman–Crippen LogP) is 5.31. The van der Waals surface area contributed by atoms with Crippen LogP contribution in [0, 0.1) is 0 Å². The summed E-state index contributed by atoms with van der Waals surface area (Å²) in [6, 6.07) is 13.3. The van der Waals surface area contributed by atoms with Gasteiger partial charge >= 0.3 is 5.97 Å². The molecule has 2 aromatic rings. The van der Waals surface area contributed by atoms with E-state index in [1.807, 2.05) is 12.1 Å². The van der Waals surface area contributed by atoms with Gasteiger partial charge in [-0.3, -0.25) is 9.69 Å². The van der Waals surface area contributed by atoms with Crippen molar-refractivity contribution in [2.24, 2.45) is 0 Å². The summed E-state index contributed by atoms with van der Waals surface area (Å²) < 4.78 is 5.82. The average Bonchev–Trinajstić information content (AvgIpc) is 2.68. The molecule has 0 saturated heterocycles. The van der Waals surface area contributed by atoms with Gasteiger partial charge in [-0.2, -0.15) is 0 Å². The third kappa shape index (κ3) is 3.41. The van der Waals surface area contributed by atoms with E-state index in [0.29, 0.717) is 12.5 Å². The molecule has 0 bridgehead atoms. The molecule has 1 aliphatic heterocycles. The van der Waals surface area contributed by atoms with Crippen LogP contribution in [-0.2, 0) is 17.6 Å². The second-order valence-corrected chi connectivity index (χ2v) is 7.75. The minimum Gasteiger partial charge on any atom is -0.426 e. The molecule has 1 heterocycles. The number of carbonyl (C=O) groups is 1. The van der Waals surface area contributed by atoms with Gasteiger partial charge in [0.15, 0.2) is 0 Å². The Kier molecular flexibility index (Phi) is 5.31. The van der Waals surface area contributed by atoms with Crippen LogP contribution >= 0.6 is 0 Å². The number of unbranched alkanes of at least 4 members (excludes halogenated alkanes) is 1. The second-order valence-electron chi connectivity index (χ2n) is 7.75. The van der Waals surface area contributed by atoms with E-state index in [0.717, 1.165) is 50.1 Å². The first-order valence-corrected chi connectivity index (χ1v) is 10.4. The predicted molar refractivity (Wildman–Crippen MR) is 109 cm³/mol. The third-order valence-electron chi connectivity index (χ3n) is 5.90. The van der Waals surface area contributed by atoms with Gasteiger partial charge in [0.05, 0.1) is 0 Å². The number of hydrogen-bond donors (Lipinski definition) is 0. The molecule has 27 heavy (non-hydrogen) atoms. The molecule has 0 amide bonds. The highest BCUT2D eigenvalue weighted by atomic mass is 16.5. The first-order valence-electron chi connectivity index (χ1n) is 10.4. The minimum atomic E-state index is -0.121. The van der Waals surface area contributed by atoms with Gasteiger partial charge in [-0.1, -0.05) is 50.6 Å². The zero-order chi connectivity index (χ0) is 18.8. The number of rotatable bonds is 6. The molecule has 0 aromatic heterocycles. The number of nitrogens with zero attached hydrogens (tertiary/aromatic N) is 1. The normalized spacial score (nSPS) is 17.9. The lowest BCUT2D eigenvalue weighted by molar-refractivity contribution is -0.134. The van der Waals surface area contributed by atoms with E-state index < -0.39 is 0 Å². The molecule has 3 heteroatoms. The fourth-order valence-electron chi connectivity index (χ4n) is 4.67. The average molecular weight is 364 g/mol. The second kappa shape index (κ2) is 7.85. The molecule has 0 spiro atoms. The Bertz CT molecular complexity index is 842. The number of carbonyl (C=O) groups excluding carboxylic acids is 1. The van der Waals surface area contributed by atoms with E-state index in [9.17, 15) is 4.79 Å². The van der Waals surface area contributed by atoms with Crippen molar-refractivity contribution in [3.63, 3.8) is 0 Å². The highest BCUT2D eigenvalue weighted by Gasteiger charge is 2.35. The maximum absolute atomic E-state index is 12.3. The van der Waals surface area contributed by atoms with E-state index in [1.165, 1.54) is 28.7 Å². The van der Waals surface area contributed by atoms with Gasteiger partial charge in [-0.15, -0.1) is 0 Å². The first-order chi connectivity index (χ1) is 13.2. The Morgan fingerprint density at radius 1 is 1.11 bits per heavy atom. The zero-order valence-electron chi connectivity index (χ0n) is 16.5. The largest absolute Gasteiger partial charge is 0.426 e. The van der Waals surface area contributed by atoms with Crippen molar-refractivity contribution in [1.29, 1.82) is 0 Å². The van der Waals surface area contributed by atoms with Crippen molar-refractivity contribution < 1.29 is 9.53 Å². The van der Waals surface area contributed by atoms with E-state index in [4.69, 9.17) is 4.74 Å². The molecule has 2 aromatic carbocycles. The van der Waals surface area contributed by atoms with Crippen molar-refractivity contribution in [1.82, 2.24) is 4.90 Å². The summed E-state index contributed by atoms with van der Waals surface area (Å²) in [5, 5.41) is 0. The van der Waals surface area contributed by atoms with Gasteiger partial charge in [0.2, 0.25) is 0 Å². The Labute approximate surface area is 162 Å². The van der Waals surface area contributed by atoms with E-state index in [-0.39, 0.29) is 5.97 Å². The summed E-state index contributed by atoms with van der Waals surface area (Å²) in [4.78, 5) is 14.9. The van der Waals surface area contributed by atoms with Crippen LogP contribution in [0.3, 0.4) is 0 Å². The van der Waals surface area contributed by atoms with Gasteiger partial charge in [-0.25, -0.2) is 0 Å². The molecule has 0 radical (unpaired) electrons. The topological polar surface area (TPSA) is 29.5 Å². The lowest BCUT2D eigenvalue weighted by atomic mass is 9.77. The van der Waals surface area contributed by atoms with Crippen LogP contribution in [0.15, 0.2) is 36.4 Å². The van der Waals surface area contributed by atoms with E-state index in [1.54, 1.807) is 0 Å². The van der Waals surface area contributed by atoms with Crippen molar-refractivity contribution in [2.75, 3.05) is 13.1 Å². The minimum absolute atomic E-state index is 0.121. The van der Waals surface area contributed by atoms with Crippen molar-refractivity contribution in [3.05, 3.63) is 53.1 Å². The van der Waals surface area contributed by atoms with Gasteiger partial charge in [-0.05, 0) is 60.5 Å². The Morgan fingerprint density at radius 2 is 1.93 bits per heavy atom. The van der Waals surface area contributed by atoms with Gasteiger partial charge in [0, 0.05) is 24.6 Å². The molecule has 1 atom stereocenters. The SMILES string of the molecule is CCCCC(=O)Oc1cccc2c1-c1cccc3c1C(C2)N(CCC)CC3. The molecular weight excluding hydrogens is 334 g/mol. The molecule has 1 unspecified atom stereocenters. The molecular formula is C24H29NO2. The van der Waals surface area contributed by atoms with Crippen molar-refractivity contribution >= 4 is 5.97 Å². The number of hydrogen-bond acceptors (Lipinski definition) is 3. The van der Waals surface area contributed by atoms with Crippen LogP contribution in [0.4, 0.5) is 0 Å². The highest BCUT2D eigenvalue weighted by Crippen LogP contribution is 2.48. The van der Waals surface area contributed by atoms with Crippen LogP contribution in [0.2, 0.25) is 0 Å². The molecule has 4 rings (SSSR count). The quantitative estimate of drug-likeness (QED) is 0.514. The number of benzene rings is 2. The monoisotopic (exact) mass is 363 g/mol. The standard InChI is InChI=1S/C24H29NO2/c1-3-5-12-22(26)27-21-11-7-9-18-16-20-23-17(13-15-25(20)14-4-2)8-6-10-19(23)24(18)21/h6-11,20H,3-5,12-16H2,1-2H3. The van der Waals surface area contributed by atoms with Crippen LogP contribution in [0.25, 0.3) is 11.1 Å². The van der Waals surface area contributed by atoms with Crippen LogP contribution < -0.4 is 4.74 Å². The fraction of sp³-hybridized carbons (Fsp3) is 0.458. The molecule has 1 aliphatic carbocycles. The molecule has 0 N–H and O–H groups in total. The fourth-order valence-corrected chi connectivity index (χ4v) is 4.67. The van der Waals surface area contributed by atoms with E-state index >= 15 is 0 Å². The molecule has 142 valence electrons. The van der Waals surface area contributed by atoms with Gasteiger partial charge < -0.3 is 4.74 Å². The number of esters is 1. The summed E-state index contributed by atoms with van der Waals surface area (Å²) in [5.41, 5.74) is 6.62. The van der Waals surface area contributed by atoms with Crippen molar-refractivity contribution in [3.8, 4) is 16.9 Å². The summed E-state index contributed by atoms with van der Waals surface area (Å²) in [6.45, 7) is 6.62. The Balaban J connectivity index is 1.76. The Hall–Kier alpha value is -2.13. The van der Waals surface area contributed by atoms with Gasteiger partial charge in [0.25, 0.3) is 0 Å². The number of fused-ring (bicyclic) bond motifs is 2. The maximum atomic E-state index is 12.3. The molecule has 0 fully saturated rings. The van der Waals surface area contributed by atoms with Crippen LogP contribution in [0.1, 0.15) is 62.3 Å². The van der Waals surface area contributed by atoms with E-state index in [2.05, 4.69) is 43.0 Å². The summed E-state index contributed by atoms with van der Waals surface area (Å²) in [6.07, 6.45) is 5.65. The highest BCUT2D eigenvalue weighted by molar-refractivity contribution is 5.83. The summed E-state index contributed by atoms with van der Waals surface area (Å²) in [7, 11) is 0. The molecule has 2 aliphatic rings.